The summed E-state index contributed by atoms with van der Waals surface area (Å²) in [5, 5.41) is 121. The van der Waals surface area contributed by atoms with Crippen LogP contribution in [0.4, 0.5) is 0 Å². The molecule has 5 rings (SSSR count). The summed E-state index contributed by atoms with van der Waals surface area (Å²) in [6.07, 6.45) is -17.2. The lowest BCUT2D eigenvalue weighted by Crippen LogP contribution is -2.60. The van der Waals surface area contributed by atoms with Gasteiger partial charge in [-0.1, -0.05) is 0 Å². The summed E-state index contributed by atoms with van der Waals surface area (Å²) in [6, 6.07) is 3.39. The third-order valence-corrected chi connectivity index (χ3v) is 7.44. The summed E-state index contributed by atoms with van der Waals surface area (Å²) in [6.45, 7) is -1.56. The van der Waals surface area contributed by atoms with E-state index in [1.165, 1.54) is 0 Å². The lowest BCUT2D eigenvalue weighted by atomic mass is 9.99. The largest absolute Gasteiger partial charge is 0.504 e. The smallest absolute Gasteiger partial charge is 0.229 e. The highest BCUT2D eigenvalue weighted by Gasteiger charge is 2.46. The van der Waals surface area contributed by atoms with Crippen LogP contribution in [0.25, 0.3) is 22.3 Å². The third kappa shape index (κ3) is 5.79. The number of phenolic OH excluding ortho intramolecular Hbond substituents is 4. The lowest BCUT2D eigenvalue weighted by molar-refractivity contribution is -0.277. The minimum atomic E-state index is -1.92. The molecule has 246 valence electrons. The van der Waals surface area contributed by atoms with Crippen molar-refractivity contribution in [1.29, 1.82) is 0 Å². The van der Waals surface area contributed by atoms with Gasteiger partial charge in [-0.2, -0.15) is 0 Å². The predicted octanol–water partition coefficient (Wildman–Crippen LogP) is -3.36. The molecule has 0 amide bonds. The Hall–Kier alpha value is -3.95. The van der Waals surface area contributed by atoms with Crippen molar-refractivity contribution < 1.29 is 84.6 Å². The fourth-order valence-electron chi connectivity index (χ4n) is 4.94. The van der Waals surface area contributed by atoms with E-state index >= 15 is 0 Å². The van der Waals surface area contributed by atoms with Crippen molar-refractivity contribution in [2.24, 2.45) is 0 Å². The van der Waals surface area contributed by atoms with Crippen LogP contribution in [-0.4, -0.2) is 136 Å². The monoisotopic (exact) mass is 642 g/mol. The third-order valence-electron chi connectivity index (χ3n) is 7.44. The fourth-order valence-corrected chi connectivity index (χ4v) is 4.94. The molecule has 0 saturated carbocycles. The number of aromatic hydroxyl groups is 4. The van der Waals surface area contributed by atoms with Gasteiger partial charge in [-0.05, 0) is 6.07 Å². The van der Waals surface area contributed by atoms with Crippen molar-refractivity contribution in [2.45, 2.75) is 61.4 Å². The molecule has 2 aliphatic rings. The van der Waals surface area contributed by atoms with Crippen LogP contribution in [0.15, 0.2) is 33.5 Å². The average Bonchev–Trinajstić information content (AvgIpc) is 3.00. The fraction of sp³-hybridized carbons (Fsp3) is 0.444. The second-order valence-corrected chi connectivity index (χ2v) is 10.4. The molecule has 18 nitrogen and oxygen atoms in total. The van der Waals surface area contributed by atoms with Gasteiger partial charge in [0.15, 0.2) is 28.4 Å². The van der Waals surface area contributed by atoms with Crippen LogP contribution < -0.4 is 14.9 Å². The Kier molecular flexibility index (Phi) is 8.97. The first-order chi connectivity index (χ1) is 21.3. The minimum Gasteiger partial charge on any atom is -0.504 e. The number of phenols is 4. The highest BCUT2D eigenvalue weighted by Crippen LogP contribution is 2.45. The summed E-state index contributed by atoms with van der Waals surface area (Å²) in [5.41, 5.74) is -1.67. The second kappa shape index (κ2) is 12.4. The number of rotatable bonds is 7. The quantitative estimate of drug-likeness (QED) is 0.112. The molecular weight excluding hydrogens is 612 g/mol. The molecule has 0 unspecified atom stereocenters. The van der Waals surface area contributed by atoms with Crippen molar-refractivity contribution in [1.82, 2.24) is 0 Å². The average molecular weight is 643 g/mol. The molecular formula is C27H30O18. The Bertz CT molecular complexity index is 1600. The number of aliphatic hydroxyl groups is 8. The maximum absolute atomic E-state index is 13.2. The van der Waals surface area contributed by atoms with Crippen LogP contribution in [0.1, 0.15) is 0 Å². The molecule has 12 N–H and O–H groups in total. The SMILES string of the molecule is O=c1cc(-c2cc(O)c(O)cc2O[C@@H]2O[C@H](CO)[C@@H](O)[C@H](O)[C@H]2O)oc2cc(O)c(O[C@@H]3O[C@H](CO)[C@@H](O)[C@H](O)[C@H]3O)c(O)c12. The van der Waals surface area contributed by atoms with E-state index in [4.69, 9.17) is 23.4 Å². The molecule has 10 atom stereocenters. The van der Waals surface area contributed by atoms with E-state index in [2.05, 4.69) is 0 Å². The minimum absolute atomic E-state index is 0.248. The molecule has 1 aromatic heterocycles. The molecule has 0 spiro atoms. The molecule has 0 radical (unpaired) electrons. The number of hydrogen-bond donors (Lipinski definition) is 12. The van der Waals surface area contributed by atoms with Crippen LogP contribution in [0, 0.1) is 0 Å². The van der Waals surface area contributed by atoms with Crippen LogP contribution >= 0.6 is 0 Å². The number of hydrogen-bond acceptors (Lipinski definition) is 18. The van der Waals surface area contributed by atoms with Crippen LogP contribution in [0.5, 0.6) is 34.5 Å². The predicted molar refractivity (Wildman–Crippen MR) is 143 cm³/mol. The zero-order valence-electron chi connectivity index (χ0n) is 22.8. The summed E-state index contributed by atoms with van der Waals surface area (Å²) in [4.78, 5) is 13.2. The normalized spacial score (nSPS) is 32.0. The first-order valence-electron chi connectivity index (χ1n) is 13.3. The maximum Gasteiger partial charge on any atom is 0.229 e. The van der Waals surface area contributed by atoms with E-state index in [1.54, 1.807) is 0 Å². The van der Waals surface area contributed by atoms with Crippen LogP contribution in [-0.2, 0) is 9.47 Å². The zero-order chi connectivity index (χ0) is 32.9. The molecule has 2 aromatic carbocycles. The van der Waals surface area contributed by atoms with Gasteiger partial charge in [-0.15, -0.1) is 0 Å². The van der Waals surface area contributed by atoms with Gasteiger partial charge in [0.25, 0.3) is 0 Å². The van der Waals surface area contributed by atoms with Crippen LogP contribution in [0.3, 0.4) is 0 Å². The van der Waals surface area contributed by atoms with Gasteiger partial charge in [-0.3, -0.25) is 4.79 Å². The van der Waals surface area contributed by atoms with E-state index in [9.17, 15) is 66.1 Å². The molecule has 3 aromatic rings. The van der Waals surface area contributed by atoms with Crippen molar-refractivity contribution in [3.05, 3.63) is 34.5 Å². The van der Waals surface area contributed by atoms with Crippen LogP contribution in [0.2, 0.25) is 0 Å². The van der Waals surface area contributed by atoms with Gasteiger partial charge in [0, 0.05) is 18.2 Å². The molecule has 3 heterocycles. The molecule has 0 bridgehead atoms. The summed E-state index contributed by atoms with van der Waals surface area (Å²) in [5.74, 6) is -4.87. The van der Waals surface area contributed by atoms with E-state index in [0.717, 1.165) is 24.3 Å². The summed E-state index contributed by atoms with van der Waals surface area (Å²) >= 11 is 0. The first kappa shape index (κ1) is 32.4. The van der Waals surface area contributed by atoms with Crippen molar-refractivity contribution in [3.63, 3.8) is 0 Å². The maximum atomic E-state index is 13.2. The highest BCUT2D eigenvalue weighted by molar-refractivity contribution is 5.90. The number of ether oxygens (including phenoxy) is 4. The standard InChI is InChI=1S/C27H30O18/c28-5-15-18(34)21(37)23(39)26(43-15)42-13-2-9(31)8(30)1-7(13)12-3-10(32)17-14(41-12)4-11(33)25(20(17)36)45-27-24(40)22(38)19(35)16(6-29)44-27/h1-4,15-16,18-19,21-24,26-31,33-40H,5-6H2/t15-,16-,18-,19-,21+,22+,23-,24-,26-,27+/m1/s1. The zero-order valence-corrected chi connectivity index (χ0v) is 22.8. The van der Waals surface area contributed by atoms with Gasteiger partial charge in [0.2, 0.25) is 18.3 Å². The Morgan fingerprint density at radius 2 is 1.18 bits per heavy atom. The summed E-state index contributed by atoms with van der Waals surface area (Å²) < 4.78 is 27.1. The number of aliphatic hydroxyl groups excluding tert-OH is 8. The Labute approximate surface area is 250 Å². The topological polar surface area (TPSA) is 310 Å². The summed E-state index contributed by atoms with van der Waals surface area (Å²) in [7, 11) is 0. The van der Waals surface area contributed by atoms with Gasteiger partial charge in [-0.25, -0.2) is 0 Å². The Balaban J connectivity index is 1.53. The molecule has 2 fully saturated rings. The van der Waals surface area contributed by atoms with E-state index in [-0.39, 0.29) is 11.3 Å². The van der Waals surface area contributed by atoms with Crippen molar-refractivity contribution in [2.75, 3.05) is 13.2 Å². The van der Waals surface area contributed by atoms with Gasteiger partial charge >= 0.3 is 0 Å². The number of benzene rings is 2. The van der Waals surface area contributed by atoms with E-state index in [1.807, 2.05) is 0 Å². The Morgan fingerprint density at radius 1 is 0.644 bits per heavy atom. The molecule has 2 aliphatic heterocycles. The van der Waals surface area contributed by atoms with E-state index < -0.39 is 126 Å². The second-order valence-electron chi connectivity index (χ2n) is 10.4. The van der Waals surface area contributed by atoms with Crippen molar-refractivity contribution >= 4 is 11.0 Å². The highest BCUT2D eigenvalue weighted by atomic mass is 16.7. The molecule has 2 saturated heterocycles. The van der Waals surface area contributed by atoms with E-state index in [0.29, 0.717) is 0 Å². The van der Waals surface area contributed by atoms with Gasteiger partial charge in [0.1, 0.15) is 71.3 Å². The Morgan fingerprint density at radius 3 is 1.73 bits per heavy atom. The lowest BCUT2D eigenvalue weighted by Gasteiger charge is -2.39. The molecule has 0 aliphatic carbocycles. The number of fused-ring (bicyclic) bond motifs is 1. The molecule has 45 heavy (non-hydrogen) atoms. The molecule has 18 heteroatoms. The van der Waals surface area contributed by atoms with Crippen molar-refractivity contribution in [3.8, 4) is 45.8 Å². The first-order valence-corrected chi connectivity index (χ1v) is 13.3. The van der Waals surface area contributed by atoms with Gasteiger partial charge in [0.05, 0.1) is 18.8 Å². The van der Waals surface area contributed by atoms with Gasteiger partial charge < -0.3 is 84.6 Å².